The molecule has 2 amide bonds. The van der Waals surface area contributed by atoms with Gasteiger partial charge in [-0.15, -0.1) is 0 Å². The fourth-order valence-corrected chi connectivity index (χ4v) is 4.35. The lowest BCUT2D eigenvalue weighted by atomic mass is 9.91. The van der Waals surface area contributed by atoms with Gasteiger partial charge in [0.25, 0.3) is 0 Å². The topological polar surface area (TPSA) is 40.6 Å². The molecule has 0 spiro atoms. The van der Waals surface area contributed by atoms with Crippen molar-refractivity contribution in [2.45, 2.75) is 76.9 Å². The molecule has 0 aromatic carbocycles. The first-order chi connectivity index (χ1) is 9.61. The van der Waals surface area contributed by atoms with Gasteiger partial charge in [-0.3, -0.25) is 9.59 Å². The Morgan fingerprint density at radius 2 is 1.65 bits per heavy atom. The maximum atomic E-state index is 12.9. The van der Waals surface area contributed by atoms with Crippen molar-refractivity contribution in [2.24, 2.45) is 5.92 Å². The molecule has 4 nitrogen and oxygen atoms in total. The summed E-state index contributed by atoms with van der Waals surface area (Å²) in [5.41, 5.74) is 0. The van der Waals surface area contributed by atoms with E-state index in [1.54, 1.807) is 0 Å². The zero-order valence-electron chi connectivity index (χ0n) is 12.7. The van der Waals surface area contributed by atoms with E-state index in [1.807, 2.05) is 16.7 Å². The summed E-state index contributed by atoms with van der Waals surface area (Å²) in [5.74, 6) is 0.904. The van der Waals surface area contributed by atoms with Crippen molar-refractivity contribution in [1.82, 2.24) is 9.80 Å². The van der Waals surface area contributed by atoms with Gasteiger partial charge in [0.1, 0.15) is 12.1 Å². The van der Waals surface area contributed by atoms with Crippen LogP contribution in [0.25, 0.3) is 0 Å². The van der Waals surface area contributed by atoms with E-state index >= 15 is 0 Å². The van der Waals surface area contributed by atoms with Gasteiger partial charge in [0.15, 0.2) is 0 Å². The fourth-order valence-electron chi connectivity index (χ4n) is 4.35. The van der Waals surface area contributed by atoms with E-state index in [0.717, 1.165) is 25.8 Å². The van der Waals surface area contributed by atoms with Gasteiger partial charge in [-0.2, -0.15) is 0 Å². The summed E-state index contributed by atoms with van der Waals surface area (Å²) < 4.78 is 0. The number of hydrogen-bond donors (Lipinski definition) is 0. The highest BCUT2D eigenvalue weighted by Crippen LogP contribution is 2.34. The summed E-state index contributed by atoms with van der Waals surface area (Å²) in [7, 11) is 0. The van der Waals surface area contributed by atoms with Gasteiger partial charge in [0.05, 0.1) is 0 Å². The Morgan fingerprint density at radius 3 is 2.45 bits per heavy atom. The first-order valence-electron chi connectivity index (χ1n) is 8.24. The molecule has 4 atom stereocenters. The van der Waals surface area contributed by atoms with Crippen LogP contribution in [0.15, 0.2) is 0 Å². The van der Waals surface area contributed by atoms with E-state index in [-0.39, 0.29) is 29.9 Å². The van der Waals surface area contributed by atoms with Gasteiger partial charge in [0.2, 0.25) is 11.8 Å². The third kappa shape index (κ3) is 2.13. The number of amides is 2. The van der Waals surface area contributed by atoms with Crippen LogP contribution in [0.3, 0.4) is 0 Å². The summed E-state index contributed by atoms with van der Waals surface area (Å²) in [6, 6.07) is -0.150. The zero-order chi connectivity index (χ0) is 14.3. The first-order valence-corrected chi connectivity index (χ1v) is 8.24. The average molecular weight is 278 g/mol. The van der Waals surface area contributed by atoms with Crippen LogP contribution in [0.4, 0.5) is 0 Å². The summed E-state index contributed by atoms with van der Waals surface area (Å²) >= 11 is 0. The van der Waals surface area contributed by atoms with Gasteiger partial charge in [0, 0.05) is 12.6 Å². The molecule has 1 aliphatic carbocycles. The van der Waals surface area contributed by atoms with Crippen molar-refractivity contribution in [3.63, 3.8) is 0 Å². The molecule has 0 bridgehead atoms. The number of carbonyl (C=O) groups is 2. The Bertz CT molecular complexity index is 409. The highest BCUT2D eigenvalue weighted by atomic mass is 16.2. The molecule has 0 aromatic heterocycles. The maximum absolute atomic E-state index is 12.9. The molecule has 4 unspecified atom stereocenters. The SMILES string of the molecule is CC1CCCCCC1N1C(=O)C2CCCN2C(=O)C1C. The Morgan fingerprint density at radius 1 is 0.900 bits per heavy atom. The number of hydrogen-bond acceptors (Lipinski definition) is 2. The lowest BCUT2D eigenvalue weighted by molar-refractivity contribution is -0.162. The highest BCUT2D eigenvalue weighted by molar-refractivity contribution is 5.97. The molecule has 2 aliphatic heterocycles. The molecule has 0 N–H and O–H groups in total. The average Bonchev–Trinajstić information content (AvgIpc) is 2.83. The predicted molar refractivity (Wildman–Crippen MR) is 77.1 cm³/mol. The molecule has 4 heteroatoms. The summed E-state index contributed by atoms with van der Waals surface area (Å²) in [4.78, 5) is 29.2. The molecule has 3 aliphatic rings. The van der Waals surface area contributed by atoms with Gasteiger partial charge in [-0.1, -0.05) is 26.2 Å². The van der Waals surface area contributed by atoms with Crippen molar-refractivity contribution in [1.29, 1.82) is 0 Å². The van der Waals surface area contributed by atoms with E-state index in [1.165, 1.54) is 25.7 Å². The van der Waals surface area contributed by atoms with Crippen LogP contribution in [0, 0.1) is 5.92 Å². The van der Waals surface area contributed by atoms with Crippen molar-refractivity contribution in [3.8, 4) is 0 Å². The molecule has 20 heavy (non-hydrogen) atoms. The molecule has 3 fully saturated rings. The summed E-state index contributed by atoms with van der Waals surface area (Å²) in [6.07, 6.45) is 7.80. The van der Waals surface area contributed by atoms with E-state index in [9.17, 15) is 9.59 Å². The van der Waals surface area contributed by atoms with Crippen molar-refractivity contribution in [3.05, 3.63) is 0 Å². The lowest BCUT2D eigenvalue weighted by Crippen LogP contribution is -2.65. The monoisotopic (exact) mass is 278 g/mol. The number of piperazine rings is 1. The zero-order valence-corrected chi connectivity index (χ0v) is 12.7. The Hall–Kier alpha value is -1.06. The third-order valence-electron chi connectivity index (χ3n) is 5.52. The summed E-state index contributed by atoms with van der Waals surface area (Å²) in [6.45, 7) is 4.95. The molecule has 3 rings (SSSR count). The Balaban J connectivity index is 1.86. The minimum absolute atomic E-state index is 0.158. The van der Waals surface area contributed by atoms with Crippen LogP contribution in [0.1, 0.15) is 58.8 Å². The third-order valence-corrected chi connectivity index (χ3v) is 5.52. The van der Waals surface area contributed by atoms with Crippen molar-refractivity contribution >= 4 is 11.8 Å². The molecule has 0 aromatic rings. The minimum Gasteiger partial charge on any atom is -0.329 e. The van der Waals surface area contributed by atoms with E-state index < -0.39 is 0 Å². The molecule has 1 saturated carbocycles. The van der Waals surface area contributed by atoms with Crippen LogP contribution in [0.5, 0.6) is 0 Å². The molecular formula is C16H26N2O2. The fraction of sp³-hybridized carbons (Fsp3) is 0.875. The normalized spacial score (nSPS) is 38.9. The largest absolute Gasteiger partial charge is 0.329 e. The van der Waals surface area contributed by atoms with Crippen molar-refractivity contribution < 1.29 is 9.59 Å². The molecular weight excluding hydrogens is 252 g/mol. The van der Waals surface area contributed by atoms with E-state index in [4.69, 9.17) is 0 Å². The number of rotatable bonds is 1. The minimum atomic E-state index is -0.262. The lowest BCUT2D eigenvalue weighted by Gasteiger charge is -2.46. The van der Waals surface area contributed by atoms with Gasteiger partial charge >= 0.3 is 0 Å². The van der Waals surface area contributed by atoms with Crippen LogP contribution in [-0.4, -0.2) is 46.3 Å². The van der Waals surface area contributed by atoms with Gasteiger partial charge in [-0.05, 0) is 38.5 Å². The first kappa shape index (κ1) is 13.9. The van der Waals surface area contributed by atoms with Gasteiger partial charge in [-0.25, -0.2) is 0 Å². The molecule has 2 heterocycles. The second-order valence-electron chi connectivity index (χ2n) is 6.79. The van der Waals surface area contributed by atoms with E-state index in [0.29, 0.717) is 5.92 Å². The second kappa shape index (κ2) is 5.38. The van der Waals surface area contributed by atoms with E-state index in [2.05, 4.69) is 6.92 Å². The highest BCUT2D eigenvalue weighted by Gasteiger charge is 2.48. The predicted octanol–water partition coefficient (Wildman–Crippen LogP) is 2.18. The van der Waals surface area contributed by atoms with Crippen LogP contribution < -0.4 is 0 Å². The van der Waals surface area contributed by atoms with Gasteiger partial charge < -0.3 is 9.80 Å². The second-order valence-corrected chi connectivity index (χ2v) is 6.79. The smallest absolute Gasteiger partial charge is 0.246 e. The van der Waals surface area contributed by atoms with Crippen LogP contribution >= 0.6 is 0 Å². The number of fused-ring (bicyclic) bond motifs is 1. The molecule has 2 saturated heterocycles. The molecule has 0 radical (unpaired) electrons. The van der Waals surface area contributed by atoms with Crippen LogP contribution in [0.2, 0.25) is 0 Å². The Labute approximate surface area is 121 Å². The van der Waals surface area contributed by atoms with Crippen molar-refractivity contribution in [2.75, 3.05) is 6.54 Å². The Kier molecular flexibility index (Phi) is 3.74. The maximum Gasteiger partial charge on any atom is 0.246 e. The number of carbonyl (C=O) groups excluding carboxylic acids is 2. The summed E-state index contributed by atoms with van der Waals surface area (Å²) in [5, 5.41) is 0. The molecule has 112 valence electrons. The standard InChI is InChI=1S/C16H26N2O2/c1-11-7-4-3-5-8-13(11)18-12(2)15(19)17-10-6-9-14(17)16(18)20/h11-14H,3-10H2,1-2H3. The quantitative estimate of drug-likeness (QED) is 0.690. The number of nitrogens with zero attached hydrogens (tertiary/aromatic N) is 2. The van der Waals surface area contributed by atoms with Crippen LogP contribution in [-0.2, 0) is 9.59 Å².